The summed E-state index contributed by atoms with van der Waals surface area (Å²) in [5.41, 5.74) is 0.807. The second-order valence-electron chi connectivity index (χ2n) is 3.40. The summed E-state index contributed by atoms with van der Waals surface area (Å²) >= 11 is 0. The molecule has 2 heteroatoms. The van der Waals surface area contributed by atoms with E-state index in [1.54, 1.807) is 0 Å². The van der Waals surface area contributed by atoms with Gasteiger partial charge in [-0.05, 0) is 30.8 Å². The Bertz CT molecular complexity index is 182. The van der Waals surface area contributed by atoms with Crippen molar-refractivity contribution in [1.29, 1.82) is 0 Å². The molecule has 2 nitrogen and oxygen atoms in total. The van der Waals surface area contributed by atoms with Gasteiger partial charge in [0.05, 0.1) is 5.71 Å². The maximum atomic E-state index is 8.45. The maximum Gasteiger partial charge on any atom is 0.0792 e. The van der Waals surface area contributed by atoms with Gasteiger partial charge in [0.1, 0.15) is 0 Å². The lowest BCUT2D eigenvalue weighted by atomic mass is 9.86. The monoisotopic (exact) mass is 153 g/mol. The Morgan fingerprint density at radius 2 is 2.36 bits per heavy atom. The van der Waals surface area contributed by atoms with E-state index in [0.717, 1.165) is 18.6 Å². The number of nitrogens with zero attached hydrogens (tertiary/aromatic N) is 1. The van der Waals surface area contributed by atoms with Crippen LogP contribution in [-0.2, 0) is 0 Å². The fourth-order valence-corrected chi connectivity index (χ4v) is 1.37. The van der Waals surface area contributed by atoms with E-state index >= 15 is 0 Å². The zero-order valence-electron chi connectivity index (χ0n) is 7.12. The van der Waals surface area contributed by atoms with Crippen LogP contribution in [0.5, 0.6) is 0 Å². The molecule has 0 saturated heterocycles. The number of allylic oxidation sites excluding steroid dienone is 2. The second-order valence-corrected chi connectivity index (χ2v) is 3.40. The molecule has 0 aliphatic heterocycles. The SMILES string of the molecule is CC(C)C1C=CC(=NO)CC1. The van der Waals surface area contributed by atoms with Crippen molar-refractivity contribution in [2.45, 2.75) is 26.7 Å². The van der Waals surface area contributed by atoms with Crippen molar-refractivity contribution in [2.24, 2.45) is 17.0 Å². The van der Waals surface area contributed by atoms with Crippen molar-refractivity contribution in [2.75, 3.05) is 0 Å². The number of oxime groups is 1. The van der Waals surface area contributed by atoms with Gasteiger partial charge in [0, 0.05) is 0 Å². The van der Waals surface area contributed by atoms with Crippen molar-refractivity contribution >= 4 is 5.71 Å². The summed E-state index contributed by atoms with van der Waals surface area (Å²) in [6, 6.07) is 0. The third-order valence-electron chi connectivity index (χ3n) is 2.25. The van der Waals surface area contributed by atoms with Crippen LogP contribution in [0.4, 0.5) is 0 Å². The van der Waals surface area contributed by atoms with Gasteiger partial charge in [-0.2, -0.15) is 0 Å². The predicted molar refractivity (Wildman–Crippen MR) is 45.9 cm³/mol. The van der Waals surface area contributed by atoms with E-state index in [2.05, 4.69) is 25.1 Å². The van der Waals surface area contributed by atoms with Gasteiger partial charge in [-0.25, -0.2) is 0 Å². The summed E-state index contributed by atoms with van der Waals surface area (Å²) in [5.74, 6) is 1.37. The van der Waals surface area contributed by atoms with Crippen LogP contribution in [0.15, 0.2) is 17.3 Å². The first-order valence-corrected chi connectivity index (χ1v) is 4.13. The molecule has 0 aromatic rings. The Morgan fingerprint density at radius 3 is 2.73 bits per heavy atom. The van der Waals surface area contributed by atoms with Crippen LogP contribution in [0.2, 0.25) is 0 Å². The molecule has 1 rings (SSSR count). The Labute approximate surface area is 67.6 Å². The molecule has 0 aromatic carbocycles. The highest BCUT2D eigenvalue weighted by Gasteiger charge is 2.14. The molecule has 0 amide bonds. The van der Waals surface area contributed by atoms with Crippen LogP contribution in [0, 0.1) is 11.8 Å². The van der Waals surface area contributed by atoms with Crippen LogP contribution in [0.1, 0.15) is 26.7 Å². The summed E-state index contributed by atoms with van der Waals surface area (Å²) in [6.07, 6.45) is 6.10. The first-order chi connectivity index (χ1) is 5.24. The molecule has 1 aliphatic rings. The number of rotatable bonds is 1. The standard InChI is InChI=1S/C9H15NO/c1-7(2)8-3-5-9(10-11)6-4-8/h3,5,7-8,11H,4,6H2,1-2H3. The molecular formula is C9H15NO. The minimum Gasteiger partial charge on any atom is -0.411 e. The zero-order chi connectivity index (χ0) is 8.27. The van der Waals surface area contributed by atoms with Gasteiger partial charge in [-0.3, -0.25) is 0 Å². The summed E-state index contributed by atoms with van der Waals surface area (Å²) < 4.78 is 0. The topological polar surface area (TPSA) is 32.6 Å². The van der Waals surface area contributed by atoms with Crippen molar-refractivity contribution in [3.63, 3.8) is 0 Å². The van der Waals surface area contributed by atoms with Gasteiger partial charge < -0.3 is 5.21 Å². The van der Waals surface area contributed by atoms with Crippen molar-refractivity contribution < 1.29 is 5.21 Å². The first kappa shape index (κ1) is 8.31. The molecule has 11 heavy (non-hydrogen) atoms. The van der Waals surface area contributed by atoms with Crippen LogP contribution >= 0.6 is 0 Å². The molecule has 1 N–H and O–H groups in total. The average Bonchev–Trinajstić information content (AvgIpc) is 2.05. The van der Waals surface area contributed by atoms with Crippen LogP contribution in [-0.4, -0.2) is 10.9 Å². The Kier molecular flexibility index (Phi) is 2.69. The molecule has 0 aromatic heterocycles. The Hall–Kier alpha value is -0.790. The zero-order valence-corrected chi connectivity index (χ0v) is 7.12. The molecule has 0 bridgehead atoms. The van der Waals surface area contributed by atoms with E-state index in [1.165, 1.54) is 0 Å². The van der Waals surface area contributed by atoms with Crippen molar-refractivity contribution in [3.05, 3.63) is 12.2 Å². The minimum atomic E-state index is 0.667. The molecular weight excluding hydrogens is 138 g/mol. The normalized spacial score (nSPS) is 28.3. The fourth-order valence-electron chi connectivity index (χ4n) is 1.37. The molecule has 0 spiro atoms. The summed E-state index contributed by atoms with van der Waals surface area (Å²) in [5, 5.41) is 11.6. The smallest absolute Gasteiger partial charge is 0.0792 e. The average molecular weight is 153 g/mol. The van der Waals surface area contributed by atoms with Gasteiger partial charge in [0.15, 0.2) is 0 Å². The van der Waals surface area contributed by atoms with Crippen LogP contribution in [0.3, 0.4) is 0 Å². The highest BCUT2D eigenvalue weighted by molar-refractivity contribution is 5.95. The highest BCUT2D eigenvalue weighted by Crippen LogP contribution is 2.22. The van der Waals surface area contributed by atoms with Gasteiger partial charge in [0.2, 0.25) is 0 Å². The van der Waals surface area contributed by atoms with E-state index < -0.39 is 0 Å². The van der Waals surface area contributed by atoms with E-state index in [1.807, 2.05) is 6.08 Å². The highest BCUT2D eigenvalue weighted by atomic mass is 16.4. The lowest BCUT2D eigenvalue weighted by Gasteiger charge is -2.19. The Morgan fingerprint density at radius 1 is 1.64 bits per heavy atom. The minimum absolute atomic E-state index is 0.667. The van der Waals surface area contributed by atoms with Crippen LogP contribution < -0.4 is 0 Å². The molecule has 0 radical (unpaired) electrons. The maximum absolute atomic E-state index is 8.45. The Balaban J connectivity index is 2.56. The quantitative estimate of drug-likeness (QED) is 0.455. The third-order valence-corrected chi connectivity index (χ3v) is 2.25. The van der Waals surface area contributed by atoms with Crippen molar-refractivity contribution in [3.8, 4) is 0 Å². The molecule has 0 heterocycles. The van der Waals surface area contributed by atoms with Gasteiger partial charge in [0.25, 0.3) is 0 Å². The lowest BCUT2D eigenvalue weighted by Crippen LogP contribution is -2.12. The summed E-state index contributed by atoms with van der Waals surface area (Å²) in [6.45, 7) is 4.44. The van der Waals surface area contributed by atoms with Gasteiger partial charge >= 0.3 is 0 Å². The summed E-state index contributed by atoms with van der Waals surface area (Å²) in [4.78, 5) is 0. The van der Waals surface area contributed by atoms with Gasteiger partial charge in [-0.1, -0.05) is 25.1 Å². The first-order valence-electron chi connectivity index (χ1n) is 4.13. The van der Waals surface area contributed by atoms with Gasteiger partial charge in [-0.15, -0.1) is 0 Å². The van der Waals surface area contributed by atoms with Crippen molar-refractivity contribution in [1.82, 2.24) is 0 Å². The molecule has 62 valence electrons. The molecule has 1 aliphatic carbocycles. The van der Waals surface area contributed by atoms with Crippen LogP contribution in [0.25, 0.3) is 0 Å². The largest absolute Gasteiger partial charge is 0.411 e. The van der Waals surface area contributed by atoms with E-state index in [-0.39, 0.29) is 0 Å². The second kappa shape index (κ2) is 3.56. The molecule has 1 atom stereocenters. The van der Waals surface area contributed by atoms with E-state index in [0.29, 0.717) is 11.8 Å². The fraction of sp³-hybridized carbons (Fsp3) is 0.667. The predicted octanol–water partition coefficient (Wildman–Crippen LogP) is 2.44. The number of hydrogen-bond donors (Lipinski definition) is 1. The summed E-state index contributed by atoms with van der Waals surface area (Å²) in [7, 11) is 0. The number of hydrogen-bond acceptors (Lipinski definition) is 2. The molecule has 0 fully saturated rings. The van der Waals surface area contributed by atoms with E-state index in [4.69, 9.17) is 5.21 Å². The third kappa shape index (κ3) is 2.07. The lowest BCUT2D eigenvalue weighted by molar-refractivity contribution is 0.316. The molecule has 0 saturated carbocycles. The molecule has 1 unspecified atom stereocenters. The van der Waals surface area contributed by atoms with E-state index in [9.17, 15) is 0 Å².